The lowest BCUT2D eigenvalue weighted by Gasteiger charge is -2.36. The van der Waals surface area contributed by atoms with Gasteiger partial charge in [0.2, 0.25) is 0 Å². The van der Waals surface area contributed by atoms with Gasteiger partial charge in [-0.05, 0) is 67.9 Å². The van der Waals surface area contributed by atoms with E-state index in [1.54, 1.807) is 0 Å². The van der Waals surface area contributed by atoms with Crippen LogP contribution < -0.4 is 0 Å². The number of Topliss-reactive ketones (excluding diaryl/α,β-unsaturated/α-hetero) is 1. The summed E-state index contributed by atoms with van der Waals surface area (Å²) in [6, 6.07) is 30.1. The standard InChI is InChI=1S/C30H35NO/c1-2-24-15-17-25(18-16-24)29(32)14-9-21-31-22-19-28(20-23-31)30(26-10-5-3-6-11-26)27-12-7-4-8-13-27/h3-8,10-13,15-18,28,30H,2,9,14,19-23H2,1H3. The molecule has 0 N–H and O–H groups in total. The smallest absolute Gasteiger partial charge is 0.162 e. The van der Waals surface area contributed by atoms with E-state index < -0.39 is 0 Å². The molecule has 1 aliphatic heterocycles. The monoisotopic (exact) mass is 425 g/mol. The third-order valence-corrected chi connectivity index (χ3v) is 6.98. The molecule has 0 unspecified atom stereocenters. The van der Waals surface area contributed by atoms with Crippen molar-refractivity contribution in [2.45, 2.75) is 44.9 Å². The minimum atomic E-state index is 0.274. The third kappa shape index (κ3) is 5.75. The number of rotatable bonds is 9. The third-order valence-electron chi connectivity index (χ3n) is 6.98. The number of aryl methyl sites for hydroxylation is 1. The van der Waals surface area contributed by atoms with Crippen molar-refractivity contribution >= 4 is 5.78 Å². The summed E-state index contributed by atoms with van der Waals surface area (Å²) in [5.41, 5.74) is 5.00. The molecule has 0 bridgehead atoms. The van der Waals surface area contributed by atoms with Crippen molar-refractivity contribution in [1.82, 2.24) is 4.90 Å². The molecule has 4 rings (SSSR count). The van der Waals surface area contributed by atoms with Crippen molar-refractivity contribution in [3.63, 3.8) is 0 Å². The van der Waals surface area contributed by atoms with Gasteiger partial charge in [0, 0.05) is 17.9 Å². The molecule has 1 saturated heterocycles. The molecular formula is C30H35NO. The van der Waals surface area contributed by atoms with Gasteiger partial charge in [-0.15, -0.1) is 0 Å². The number of piperidine rings is 1. The number of carbonyl (C=O) groups excluding carboxylic acids is 1. The Morgan fingerprint density at radius 3 is 1.94 bits per heavy atom. The Morgan fingerprint density at radius 1 is 0.844 bits per heavy atom. The van der Waals surface area contributed by atoms with Crippen molar-refractivity contribution in [3.8, 4) is 0 Å². The second-order valence-corrected chi connectivity index (χ2v) is 9.06. The number of nitrogens with zero attached hydrogens (tertiary/aromatic N) is 1. The van der Waals surface area contributed by atoms with E-state index in [0.29, 0.717) is 18.3 Å². The van der Waals surface area contributed by atoms with E-state index in [4.69, 9.17) is 0 Å². The van der Waals surface area contributed by atoms with Crippen LogP contribution in [0.1, 0.15) is 65.6 Å². The van der Waals surface area contributed by atoms with E-state index in [1.807, 2.05) is 12.1 Å². The van der Waals surface area contributed by atoms with Crippen LogP contribution in [0.15, 0.2) is 84.9 Å². The summed E-state index contributed by atoms with van der Waals surface area (Å²) in [5.74, 6) is 1.40. The number of likely N-dealkylation sites (tertiary alicyclic amines) is 1. The first-order valence-electron chi connectivity index (χ1n) is 12.2. The highest BCUT2D eigenvalue weighted by Gasteiger charge is 2.28. The minimum Gasteiger partial charge on any atom is -0.303 e. The van der Waals surface area contributed by atoms with Crippen LogP contribution in [-0.2, 0) is 6.42 Å². The van der Waals surface area contributed by atoms with Crippen LogP contribution in [0.5, 0.6) is 0 Å². The maximum absolute atomic E-state index is 12.5. The van der Waals surface area contributed by atoms with Crippen molar-refractivity contribution in [3.05, 3.63) is 107 Å². The van der Waals surface area contributed by atoms with Crippen LogP contribution in [0, 0.1) is 5.92 Å². The van der Waals surface area contributed by atoms with Gasteiger partial charge in [-0.3, -0.25) is 4.79 Å². The Labute approximate surface area is 193 Å². The van der Waals surface area contributed by atoms with Crippen LogP contribution in [-0.4, -0.2) is 30.3 Å². The molecule has 166 valence electrons. The molecule has 1 heterocycles. The Balaban J connectivity index is 1.29. The van der Waals surface area contributed by atoms with Gasteiger partial charge in [-0.2, -0.15) is 0 Å². The van der Waals surface area contributed by atoms with Crippen molar-refractivity contribution in [1.29, 1.82) is 0 Å². The fourth-order valence-electron chi connectivity index (χ4n) is 5.10. The highest BCUT2D eigenvalue weighted by atomic mass is 16.1. The number of ketones is 1. The van der Waals surface area contributed by atoms with Crippen molar-refractivity contribution in [2.75, 3.05) is 19.6 Å². The molecular weight excluding hydrogens is 390 g/mol. The van der Waals surface area contributed by atoms with E-state index in [9.17, 15) is 4.79 Å². The maximum Gasteiger partial charge on any atom is 0.162 e. The summed E-state index contributed by atoms with van der Waals surface area (Å²) in [6.07, 6.45) is 5.02. The van der Waals surface area contributed by atoms with Gasteiger partial charge in [0.25, 0.3) is 0 Å². The predicted octanol–water partition coefficient (Wildman–Crippen LogP) is 6.76. The molecule has 0 saturated carbocycles. The fourth-order valence-corrected chi connectivity index (χ4v) is 5.10. The summed E-state index contributed by atoms with van der Waals surface area (Å²) < 4.78 is 0. The second kappa shape index (κ2) is 11.2. The van der Waals surface area contributed by atoms with Crippen molar-refractivity contribution < 1.29 is 4.79 Å². The Kier molecular flexibility index (Phi) is 7.90. The molecule has 0 radical (unpaired) electrons. The second-order valence-electron chi connectivity index (χ2n) is 9.06. The molecule has 1 fully saturated rings. The van der Waals surface area contributed by atoms with Gasteiger partial charge in [-0.1, -0.05) is 91.9 Å². The van der Waals surface area contributed by atoms with Gasteiger partial charge in [0.05, 0.1) is 0 Å². The van der Waals surface area contributed by atoms with Crippen LogP contribution in [0.4, 0.5) is 0 Å². The highest BCUT2D eigenvalue weighted by Crippen LogP contribution is 2.37. The highest BCUT2D eigenvalue weighted by molar-refractivity contribution is 5.96. The lowest BCUT2D eigenvalue weighted by molar-refractivity contribution is 0.0969. The largest absolute Gasteiger partial charge is 0.303 e. The molecule has 0 atom stereocenters. The lowest BCUT2D eigenvalue weighted by atomic mass is 9.76. The normalized spacial score (nSPS) is 15.2. The van der Waals surface area contributed by atoms with Crippen LogP contribution in [0.3, 0.4) is 0 Å². The Hall–Kier alpha value is -2.71. The van der Waals surface area contributed by atoms with E-state index in [1.165, 1.54) is 29.5 Å². The Morgan fingerprint density at radius 2 is 1.41 bits per heavy atom. The molecule has 3 aromatic carbocycles. The topological polar surface area (TPSA) is 20.3 Å². The van der Waals surface area contributed by atoms with E-state index in [-0.39, 0.29) is 5.78 Å². The summed E-state index contributed by atoms with van der Waals surface area (Å²) in [7, 11) is 0. The van der Waals surface area contributed by atoms with Crippen molar-refractivity contribution in [2.24, 2.45) is 5.92 Å². The average Bonchev–Trinajstić information content (AvgIpc) is 2.86. The minimum absolute atomic E-state index is 0.274. The van der Waals surface area contributed by atoms with Gasteiger partial charge >= 0.3 is 0 Å². The molecule has 1 aliphatic rings. The van der Waals surface area contributed by atoms with E-state index >= 15 is 0 Å². The number of hydrogen-bond donors (Lipinski definition) is 0. The zero-order chi connectivity index (χ0) is 22.2. The van der Waals surface area contributed by atoms with Gasteiger partial charge in [0.15, 0.2) is 5.78 Å². The van der Waals surface area contributed by atoms with Gasteiger partial charge in [0.1, 0.15) is 0 Å². The van der Waals surface area contributed by atoms with Gasteiger partial charge in [-0.25, -0.2) is 0 Å². The molecule has 0 amide bonds. The van der Waals surface area contributed by atoms with Crippen LogP contribution in [0.25, 0.3) is 0 Å². The number of hydrogen-bond acceptors (Lipinski definition) is 2. The summed E-state index contributed by atoms with van der Waals surface area (Å²) in [5, 5.41) is 0. The molecule has 2 nitrogen and oxygen atoms in total. The van der Waals surface area contributed by atoms with E-state index in [0.717, 1.165) is 38.0 Å². The quantitative estimate of drug-likeness (QED) is 0.353. The first-order chi connectivity index (χ1) is 15.7. The lowest BCUT2D eigenvalue weighted by Crippen LogP contribution is -2.36. The summed E-state index contributed by atoms with van der Waals surface area (Å²) in [6.45, 7) is 5.41. The number of benzene rings is 3. The van der Waals surface area contributed by atoms with Crippen LogP contribution in [0.2, 0.25) is 0 Å². The Bertz CT molecular complexity index is 917. The molecule has 2 heteroatoms. The van der Waals surface area contributed by atoms with Gasteiger partial charge < -0.3 is 4.90 Å². The zero-order valence-corrected chi connectivity index (χ0v) is 19.2. The SMILES string of the molecule is CCc1ccc(C(=O)CCCN2CCC(C(c3ccccc3)c3ccccc3)CC2)cc1. The summed E-state index contributed by atoms with van der Waals surface area (Å²) >= 11 is 0. The first kappa shape index (κ1) is 22.5. The molecule has 32 heavy (non-hydrogen) atoms. The van der Waals surface area contributed by atoms with E-state index in [2.05, 4.69) is 84.6 Å². The zero-order valence-electron chi connectivity index (χ0n) is 19.2. The first-order valence-corrected chi connectivity index (χ1v) is 12.2. The molecule has 0 spiro atoms. The summed E-state index contributed by atoms with van der Waals surface area (Å²) in [4.78, 5) is 15.1. The maximum atomic E-state index is 12.5. The predicted molar refractivity (Wildman–Crippen MR) is 133 cm³/mol. The number of carbonyl (C=O) groups is 1. The van der Waals surface area contributed by atoms with Crippen LogP contribution >= 0.6 is 0 Å². The molecule has 0 aliphatic carbocycles. The molecule has 3 aromatic rings. The average molecular weight is 426 g/mol. The fraction of sp³-hybridized carbons (Fsp3) is 0.367. The molecule has 0 aromatic heterocycles.